The van der Waals surface area contributed by atoms with E-state index in [0.29, 0.717) is 31.2 Å². The molecule has 0 aromatic heterocycles. The van der Waals surface area contributed by atoms with Crippen molar-refractivity contribution in [1.82, 2.24) is 10.6 Å². The predicted octanol–water partition coefficient (Wildman–Crippen LogP) is 0.389. The fourth-order valence-electron chi connectivity index (χ4n) is 3.06. The average molecular weight is 338 g/mol. The van der Waals surface area contributed by atoms with Crippen LogP contribution in [0.25, 0.3) is 0 Å². The van der Waals surface area contributed by atoms with Crippen LogP contribution in [0.3, 0.4) is 0 Å². The highest BCUT2D eigenvalue weighted by Gasteiger charge is 2.35. The summed E-state index contributed by atoms with van der Waals surface area (Å²) in [4.78, 5) is 26.0. The van der Waals surface area contributed by atoms with Gasteiger partial charge < -0.3 is 20.6 Å². The molecule has 0 spiro atoms. The Bertz CT molecular complexity index is 593. The molecule has 2 saturated heterocycles. The first kappa shape index (κ1) is 16.2. The van der Waals surface area contributed by atoms with Crippen molar-refractivity contribution in [1.29, 1.82) is 0 Å². The van der Waals surface area contributed by atoms with E-state index in [4.69, 9.17) is 11.6 Å². The van der Waals surface area contributed by atoms with Gasteiger partial charge in [0.2, 0.25) is 11.8 Å². The van der Waals surface area contributed by atoms with E-state index in [0.717, 1.165) is 5.69 Å². The Kier molecular flexibility index (Phi) is 4.84. The summed E-state index contributed by atoms with van der Waals surface area (Å²) in [5.41, 5.74) is 0.755. The van der Waals surface area contributed by atoms with Gasteiger partial charge in [-0.3, -0.25) is 9.59 Å². The second-order valence-corrected chi connectivity index (χ2v) is 6.55. The SMILES string of the molecule is O=C(NCC1CNCC1O)C1CC(=O)N(c2ccc(Cl)cc2)C1. The van der Waals surface area contributed by atoms with Crippen molar-refractivity contribution in [3.05, 3.63) is 29.3 Å². The van der Waals surface area contributed by atoms with Crippen LogP contribution < -0.4 is 15.5 Å². The number of aliphatic hydroxyl groups is 1. The molecule has 3 unspecified atom stereocenters. The van der Waals surface area contributed by atoms with E-state index in [9.17, 15) is 14.7 Å². The molecule has 23 heavy (non-hydrogen) atoms. The van der Waals surface area contributed by atoms with Crippen LogP contribution in [0.4, 0.5) is 5.69 Å². The highest BCUT2D eigenvalue weighted by Crippen LogP contribution is 2.26. The van der Waals surface area contributed by atoms with Gasteiger partial charge in [-0.2, -0.15) is 0 Å². The number of rotatable bonds is 4. The van der Waals surface area contributed by atoms with Crippen LogP contribution in [0, 0.1) is 11.8 Å². The number of anilines is 1. The molecule has 1 aromatic rings. The minimum Gasteiger partial charge on any atom is -0.391 e. The van der Waals surface area contributed by atoms with Crippen molar-refractivity contribution in [3.63, 3.8) is 0 Å². The summed E-state index contributed by atoms with van der Waals surface area (Å²) in [7, 11) is 0. The molecule has 3 atom stereocenters. The van der Waals surface area contributed by atoms with E-state index < -0.39 is 6.10 Å². The van der Waals surface area contributed by atoms with Gasteiger partial charge in [-0.1, -0.05) is 11.6 Å². The third-order valence-corrected chi connectivity index (χ3v) is 4.73. The van der Waals surface area contributed by atoms with Crippen molar-refractivity contribution in [3.8, 4) is 0 Å². The fourth-order valence-corrected chi connectivity index (χ4v) is 3.18. The summed E-state index contributed by atoms with van der Waals surface area (Å²) in [6, 6.07) is 7.01. The van der Waals surface area contributed by atoms with Gasteiger partial charge in [0.1, 0.15) is 0 Å². The van der Waals surface area contributed by atoms with Gasteiger partial charge in [0.05, 0.1) is 12.0 Å². The van der Waals surface area contributed by atoms with Gasteiger partial charge in [0.25, 0.3) is 0 Å². The summed E-state index contributed by atoms with van der Waals surface area (Å²) in [5, 5.41) is 16.3. The summed E-state index contributed by atoms with van der Waals surface area (Å²) in [6.45, 7) is 2.06. The second kappa shape index (κ2) is 6.86. The molecule has 2 fully saturated rings. The van der Waals surface area contributed by atoms with Gasteiger partial charge in [-0.25, -0.2) is 0 Å². The molecular formula is C16H20ClN3O3. The first-order valence-electron chi connectivity index (χ1n) is 7.77. The van der Waals surface area contributed by atoms with Gasteiger partial charge in [-0.15, -0.1) is 0 Å². The van der Waals surface area contributed by atoms with Crippen molar-refractivity contribution >= 4 is 29.1 Å². The first-order chi connectivity index (χ1) is 11.0. The molecule has 0 bridgehead atoms. The Labute approximate surface area is 139 Å². The standard InChI is InChI=1S/C16H20ClN3O3/c17-12-1-3-13(4-2-12)20-9-10(5-15(20)22)16(23)19-7-11-6-18-8-14(11)21/h1-4,10-11,14,18,21H,5-9H2,(H,19,23). The van der Waals surface area contributed by atoms with Crippen LogP contribution in [0.5, 0.6) is 0 Å². The van der Waals surface area contributed by atoms with E-state index in [1.165, 1.54) is 0 Å². The molecule has 2 aliphatic heterocycles. The number of hydrogen-bond acceptors (Lipinski definition) is 4. The molecule has 0 radical (unpaired) electrons. The number of benzene rings is 1. The van der Waals surface area contributed by atoms with E-state index in [-0.39, 0.29) is 30.1 Å². The average Bonchev–Trinajstić information content (AvgIpc) is 3.12. The smallest absolute Gasteiger partial charge is 0.227 e. The molecule has 124 valence electrons. The number of nitrogens with one attached hydrogen (secondary N) is 2. The number of aliphatic hydroxyl groups excluding tert-OH is 1. The maximum absolute atomic E-state index is 12.3. The Morgan fingerprint density at radius 2 is 2.09 bits per heavy atom. The van der Waals surface area contributed by atoms with Gasteiger partial charge in [0, 0.05) is 49.2 Å². The van der Waals surface area contributed by atoms with Crippen molar-refractivity contribution in [2.24, 2.45) is 11.8 Å². The summed E-state index contributed by atoms with van der Waals surface area (Å²) in [6.07, 6.45) is -0.217. The van der Waals surface area contributed by atoms with Crippen molar-refractivity contribution < 1.29 is 14.7 Å². The summed E-state index contributed by atoms with van der Waals surface area (Å²) >= 11 is 5.86. The molecule has 2 heterocycles. The molecule has 3 N–H and O–H groups in total. The molecule has 0 aliphatic carbocycles. The number of amides is 2. The van der Waals surface area contributed by atoms with Crippen LogP contribution in [0.2, 0.25) is 5.02 Å². The maximum Gasteiger partial charge on any atom is 0.227 e. The minimum atomic E-state index is -0.425. The molecule has 6 nitrogen and oxygen atoms in total. The Morgan fingerprint density at radius 3 is 2.74 bits per heavy atom. The number of hydrogen-bond donors (Lipinski definition) is 3. The summed E-state index contributed by atoms with van der Waals surface area (Å²) < 4.78 is 0. The van der Waals surface area contributed by atoms with E-state index >= 15 is 0 Å². The van der Waals surface area contributed by atoms with Crippen LogP contribution in [0.15, 0.2) is 24.3 Å². The van der Waals surface area contributed by atoms with Crippen molar-refractivity contribution in [2.45, 2.75) is 12.5 Å². The van der Waals surface area contributed by atoms with Gasteiger partial charge in [-0.05, 0) is 24.3 Å². The second-order valence-electron chi connectivity index (χ2n) is 6.11. The van der Waals surface area contributed by atoms with Crippen LogP contribution in [0.1, 0.15) is 6.42 Å². The first-order valence-corrected chi connectivity index (χ1v) is 8.15. The number of carbonyl (C=O) groups is 2. The highest BCUT2D eigenvalue weighted by molar-refractivity contribution is 6.30. The number of carbonyl (C=O) groups excluding carboxylic acids is 2. The van der Waals surface area contributed by atoms with Crippen LogP contribution >= 0.6 is 11.6 Å². The van der Waals surface area contributed by atoms with Gasteiger partial charge >= 0.3 is 0 Å². The molecule has 3 rings (SSSR count). The number of β-amino-alcohol motifs (C(OH)–C–C–N with tert-alkyl or cyclic N) is 1. The lowest BCUT2D eigenvalue weighted by molar-refractivity contribution is -0.126. The zero-order chi connectivity index (χ0) is 16.4. The van der Waals surface area contributed by atoms with Crippen LogP contribution in [-0.4, -0.2) is 49.2 Å². The lowest BCUT2D eigenvalue weighted by Crippen LogP contribution is -2.38. The topological polar surface area (TPSA) is 81.7 Å². The Morgan fingerprint density at radius 1 is 1.35 bits per heavy atom. The third-order valence-electron chi connectivity index (χ3n) is 4.48. The maximum atomic E-state index is 12.3. The van der Waals surface area contributed by atoms with Crippen molar-refractivity contribution in [2.75, 3.05) is 31.1 Å². The molecule has 2 aliphatic rings. The highest BCUT2D eigenvalue weighted by atomic mass is 35.5. The van der Waals surface area contributed by atoms with E-state index in [1.807, 2.05) is 0 Å². The van der Waals surface area contributed by atoms with Gasteiger partial charge in [0.15, 0.2) is 0 Å². The third kappa shape index (κ3) is 3.65. The normalized spacial score (nSPS) is 27.5. The molecule has 2 amide bonds. The Hall–Kier alpha value is -1.63. The van der Waals surface area contributed by atoms with E-state index in [1.54, 1.807) is 29.2 Å². The zero-order valence-electron chi connectivity index (χ0n) is 12.7. The number of nitrogens with zero attached hydrogens (tertiary/aromatic N) is 1. The fraction of sp³-hybridized carbons (Fsp3) is 0.500. The zero-order valence-corrected chi connectivity index (χ0v) is 13.4. The molecule has 1 aromatic carbocycles. The lowest BCUT2D eigenvalue weighted by Gasteiger charge is -2.18. The number of halogens is 1. The van der Waals surface area contributed by atoms with Crippen LogP contribution in [-0.2, 0) is 9.59 Å². The lowest BCUT2D eigenvalue weighted by atomic mass is 10.0. The minimum absolute atomic E-state index is 0.0309. The molecule has 7 heteroatoms. The van der Waals surface area contributed by atoms with E-state index in [2.05, 4.69) is 10.6 Å². The molecular weight excluding hydrogens is 318 g/mol. The monoisotopic (exact) mass is 337 g/mol. The predicted molar refractivity (Wildman–Crippen MR) is 87.3 cm³/mol. The largest absolute Gasteiger partial charge is 0.391 e. The Balaban J connectivity index is 1.56. The summed E-state index contributed by atoms with van der Waals surface area (Å²) in [5.74, 6) is -0.517. The quantitative estimate of drug-likeness (QED) is 0.742. The molecule has 0 saturated carbocycles.